The summed E-state index contributed by atoms with van der Waals surface area (Å²) in [5.41, 5.74) is -0.652. The third-order valence-corrected chi connectivity index (χ3v) is 4.82. The molecule has 0 N–H and O–H groups in total. The summed E-state index contributed by atoms with van der Waals surface area (Å²) < 4.78 is 49.6. The quantitative estimate of drug-likeness (QED) is 0.783. The van der Waals surface area contributed by atoms with Crippen LogP contribution in [0.1, 0.15) is 37.6 Å². The highest BCUT2D eigenvalue weighted by Gasteiger charge is 2.44. The average Bonchev–Trinajstić information content (AvgIpc) is 2.89. The van der Waals surface area contributed by atoms with Gasteiger partial charge in [0.1, 0.15) is 5.69 Å². The Morgan fingerprint density at radius 3 is 2.74 bits per heavy atom. The molecule has 0 amide bonds. The molecule has 3 heterocycles. The first-order chi connectivity index (χ1) is 10.7. The van der Waals surface area contributed by atoms with Crippen molar-refractivity contribution in [3.8, 4) is 0 Å². The molecule has 23 heavy (non-hydrogen) atoms. The van der Waals surface area contributed by atoms with E-state index in [1.165, 1.54) is 0 Å². The zero-order valence-corrected chi connectivity index (χ0v) is 13.3. The van der Waals surface area contributed by atoms with Gasteiger partial charge in [-0.25, -0.2) is 9.97 Å². The van der Waals surface area contributed by atoms with Crippen molar-refractivity contribution in [2.24, 2.45) is 0 Å². The third-order valence-electron chi connectivity index (χ3n) is 3.65. The van der Waals surface area contributed by atoms with Crippen molar-refractivity contribution in [1.29, 1.82) is 0 Å². The number of rotatable bonds is 3. The van der Waals surface area contributed by atoms with Crippen molar-refractivity contribution < 1.29 is 27.4 Å². The number of hydrogen-bond donors (Lipinski definition) is 0. The lowest BCUT2D eigenvalue weighted by Crippen LogP contribution is -2.37. The van der Waals surface area contributed by atoms with E-state index in [2.05, 4.69) is 9.97 Å². The molecule has 0 unspecified atom stereocenters. The molecule has 3 rings (SSSR count). The number of carbonyl (C=O) groups is 1. The number of fused-ring (bicyclic) bond motifs is 2. The molecule has 3 atom stereocenters. The van der Waals surface area contributed by atoms with E-state index in [0.29, 0.717) is 5.69 Å². The molecule has 0 aromatic carbocycles. The van der Waals surface area contributed by atoms with Gasteiger partial charge in [-0.2, -0.15) is 13.2 Å². The van der Waals surface area contributed by atoms with Crippen molar-refractivity contribution in [2.45, 2.75) is 55.2 Å². The standard InChI is InChI=1S/C14H15F3N2O3S/c1-6(2)7-3-11(14(15,16)17)19-13(18-7)23-10-4-8(20)12-21-5-9(10)22-12/h3,6,9-10,12H,4-5H2,1-2H3/t9-,10-,12+/m1/s1. The summed E-state index contributed by atoms with van der Waals surface area (Å²) in [4.78, 5) is 19.6. The highest BCUT2D eigenvalue weighted by atomic mass is 32.2. The lowest BCUT2D eigenvalue weighted by atomic mass is 10.1. The van der Waals surface area contributed by atoms with Crippen LogP contribution in [0.5, 0.6) is 0 Å². The Bertz CT molecular complexity index is 624. The van der Waals surface area contributed by atoms with Gasteiger partial charge < -0.3 is 9.47 Å². The van der Waals surface area contributed by atoms with Crippen LogP contribution in [-0.4, -0.2) is 40.0 Å². The molecule has 2 aliphatic rings. The van der Waals surface area contributed by atoms with Crippen molar-refractivity contribution in [3.63, 3.8) is 0 Å². The number of thioether (sulfide) groups is 1. The maximum Gasteiger partial charge on any atom is 0.433 e. The maximum atomic E-state index is 13.0. The number of alkyl halides is 3. The van der Waals surface area contributed by atoms with Gasteiger partial charge in [0.2, 0.25) is 6.29 Å². The largest absolute Gasteiger partial charge is 0.433 e. The summed E-state index contributed by atoms with van der Waals surface area (Å²) in [6.07, 6.45) is -5.52. The van der Waals surface area contributed by atoms with E-state index < -0.39 is 18.2 Å². The number of halogens is 3. The van der Waals surface area contributed by atoms with Gasteiger partial charge >= 0.3 is 6.18 Å². The number of hydrogen-bond acceptors (Lipinski definition) is 6. The second kappa shape index (κ2) is 6.03. The summed E-state index contributed by atoms with van der Waals surface area (Å²) in [5, 5.41) is -0.333. The highest BCUT2D eigenvalue weighted by molar-refractivity contribution is 7.99. The number of ketones is 1. The Morgan fingerprint density at radius 2 is 2.09 bits per heavy atom. The lowest BCUT2D eigenvalue weighted by Gasteiger charge is -2.25. The minimum Gasteiger partial charge on any atom is -0.343 e. The molecular formula is C14H15F3N2O3S. The molecule has 2 saturated heterocycles. The minimum atomic E-state index is -4.54. The van der Waals surface area contributed by atoms with Gasteiger partial charge in [0.05, 0.1) is 12.7 Å². The van der Waals surface area contributed by atoms with E-state index in [9.17, 15) is 18.0 Å². The smallest absolute Gasteiger partial charge is 0.343 e. The van der Waals surface area contributed by atoms with Crippen LogP contribution in [0, 0.1) is 0 Å². The van der Waals surface area contributed by atoms with Gasteiger partial charge in [-0.15, -0.1) is 0 Å². The SMILES string of the molecule is CC(C)c1cc(C(F)(F)F)nc(S[C@@H]2CC(=O)[C@H]3OC[C@H]2O3)n1. The molecule has 2 aliphatic heterocycles. The van der Waals surface area contributed by atoms with Crippen molar-refractivity contribution in [1.82, 2.24) is 9.97 Å². The first-order valence-corrected chi connectivity index (χ1v) is 8.04. The summed E-state index contributed by atoms with van der Waals surface area (Å²) in [7, 11) is 0. The first-order valence-electron chi connectivity index (χ1n) is 7.16. The Balaban J connectivity index is 1.87. The summed E-state index contributed by atoms with van der Waals surface area (Å²) in [5.74, 6) is -0.366. The third kappa shape index (κ3) is 3.51. The molecule has 1 aromatic heterocycles. The fraction of sp³-hybridized carbons (Fsp3) is 0.643. The van der Waals surface area contributed by atoms with Gasteiger partial charge in [-0.3, -0.25) is 4.79 Å². The maximum absolute atomic E-state index is 13.0. The van der Waals surface area contributed by atoms with Crippen LogP contribution < -0.4 is 0 Å². The van der Waals surface area contributed by atoms with Crippen molar-refractivity contribution >= 4 is 17.5 Å². The average molecular weight is 348 g/mol. The van der Waals surface area contributed by atoms with Gasteiger partial charge in [0.15, 0.2) is 10.9 Å². The minimum absolute atomic E-state index is 0.00951. The Morgan fingerprint density at radius 1 is 1.35 bits per heavy atom. The van der Waals surface area contributed by atoms with Crippen LogP contribution in [-0.2, 0) is 20.4 Å². The first kappa shape index (κ1) is 16.7. The molecule has 0 spiro atoms. The van der Waals surface area contributed by atoms with Crippen LogP contribution in [0.3, 0.4) is 0 Å². The molecule has 126 valence electrons. The Kier molecular flexibility index (Phi) is 4.37. The Hall–Kier alpha value is -1.19. The van der Waals surface area contributed by atoms with Crippen molar-refractivity contribution in [3.05, 3.63) is 17.5 Å². The normalized spacial score (nSPS) is 27.7. The molecular weight excluding hydrogens is 333 g/mol. The number of ether oxygens (including phenoxy) is 2. The predicted molar refractivity (Wildman–Crippen MR) is 75.0 cm³/mol. The monoisotopic (exact) mass is 348 g/mol. The molecule has 0 radical (unpaired) electrons. The second-order valence-electron chi connectivity index (χ2n) is 5.78. The van der Waals surface area contributed by atoms with Gasteiger partial charge in [-0.1, -0.05) is 25.6 Å². The van der Waals surface area contributed by atoms with E-state index in [1.807, 2.05) is 0 Å². The van der Waals surface area contributed by atoms with Crippen LogP contribution in [0.2, 0.25) is 0 Å². The molecule has 0 aliphatic carbocycles. The zero-order valence-electron chi connectivity index (χ0n) is 12.5. The summed E-state index contributed by atoms with van der Waals surface area (Å²) in [6, 6.07) is 0.964. The molecule has 2 bridgehead atoms. The van der Waals surface area contributed by atoms with E-state index in [-0.39, 0.29) is 41.2 Å². The van der Waals surface area contributed by atoms with Crippen LogP contribution in [0.4, 0.5) is 13.2 Å². The number of aromatic nitrogens is 2. The molecule has 5 nitrogen and oxygen atoms in total. The van der Waals surface area contributed by atoms with Crippen molar-refractivity contribution in [2.75, 3.05) is 6.61 Å². The number of nitrogens with zero attached hydrogens (tertiary/aromatic N) is 2. The molecule has 1 aromatic rings. The number of carbonyl (C=O) groups excluding carboxylic acids is 1. The summed E-state index contributed by atoms with van der Waals surface area (Å²) >= 11 is 1.04. The fourth-order valence-electron chi connectivity index (χ4n) is 2.40. The van der Waals surface area contributed by atoms with E-state index in [4.69, 9.17) is 9.47 Å². The number of Topliss-reactive ketones (excluding diaryl/α,β-unsaturated/α-hetero) is 1. The zero-order chi connectivity index (χ0) is 16.8. The van der Waals surface area contributed by atoms with E-state index >= 15 is 0 Å². The van der Waals surface area contributed by atoms with E-state index in [1.54, 1.807) is 13.8 Å². The fourth-order valence-corrected chi connectivity index (χ4v) is 3.52. The predicted octanol–water partition coefficient (Wildman–Crippen LogP) is 2.79. The van der Waals surface area contributed by atoms with Gasteiger partial charge in [-0.05, 0) is 12.0 Å². The lowest BCUT2D eigenvalue weighted by molar-refractivity contribution is -0.151. The molecule has 2 fully saturated rings. The summed E-state index contributed by atoms with van der Waals surface area (Å²) in [6.45, 7) is 3.78. The van der Waals surface area contributed by atoms with Gasteiger partial charge in [0.25, 0.3) is 0 Å². The van der Waals surface area contributed by atoms with Crippen LogP contribution >= 0.6 is 11.8 Å². The molecule has 9 heteroatoms. The van der Waals surface area contributed by atoms with Gasteiger partial charge in [0, 0.05) is 17.4 Å². The topological polar surface area (TPSA) is 61.3 Å². The van der Waals surface area contributed by atoms with Crippen LogP contribution in [0.15, 0.2) is 11.2 Å². The molecule has 0 saturated carbocycles. The highest BCUT2D eigenvalue weighted by Crippen LogP contribution is 2.37. The van der Waals surface area contributed by atoms with Crippen LogP contribution in [0.25, 0.3) is 0 Å². The van der Waals surface area contributed by atoms with E-state index in [0.717, 1.165) is 17.8 Å². The second-order valence-corrected chi connectivity index (χ2v) is 6.99. The Labute approximate surface area is 135 Å².